The maximum Gasteiger partial charge on any atom is 0.429 e. The standard InChI is InChI=1S/C7H12F3NOS/c1-5(7(8,9)10)11-13(12)6(2,3)4/h1-4H3. The predicted molar refractivity (Wildman–Crippen MR) is 47.1 cm³/mol. The molecule has 0 aromatic rings. The molecule has 0 aromatic carbocycles. The van der Waals surface area contributed by atoms with Gasteiger partial charge in [-0.05, 0) is 27.7 Å². The van der Waals surface area contributed by atoms with Crippen LogP contribution in [0.2, 0.25) is 0 Å². The van der Waals surface area contributed by atoms with Crippen molar-refractivity contribution in [1.82, 2.24) is 0 Å². The van der Waals surface area contributed by atoms with E-state index < -0.39 is 27.6 Å². The molecule has 1 unspecified atom stereocenters. The average Bonchev–Trinajstić information content (AvgIpc) is 1.82. The zero-order valence-electron chi connectivity index (χ0n) is 7.90. The van der Waals surface area contributed by atoms with Gasteiger partial charge in [0.1, 0.15) is 16.7 Å². The third-order valence-corrected chi connectivity index (χ3v) is 2.64. The van der Waals surface area contributed by atoms with Crippen LogP contribution in [0.3, 0.4) is 0 Å². The second kappa shape index (κ2) is 3.77. The van der Waals surface area contributed by atoms with Crippen LogP contribution < -0.4 is 0 Å². The largest absolute Gasteiger partial charge is 0.429 e. The van der Waals surface area contributed by atoms with E-state index in [1.165, 1.54) is 0 Å². The smallest absolute Gasteiger partial charge is 0.234 e. The number of nitrogens with zero attached hydrogens (tertiary/aromatic N) is 1. The molecule has 0 rings (SSSR count). The summed E-state index contributed by atoms with van der Waals surface area (Å²) in [5.74, 6) is 0. The monoisotopic (exact) mass is 215 g/mol. The number of hydrogen-bond acceptors (Lipinski definition) is 1. The normalized spacial score (nSPS) is 17.3. The van der Waals surface area contributed by atoms with Crippen LogP contribution in [0, 0.1) is 0 Å². The van der Waals surface area contributed by atoms with Crippen LogP contribution >= 0.6 is 0 Å². The van der Waals surface area contributed by atoms with Gasteiger partial charge in [0.2, 0.25) is 0 Å². The van der Waals surface area contributed by atoms with E-state index in [0.717, 1.165) is 6.92 Å². The molecule has 0 saturated heterocycles. The van der Waals surface area contributed by atoms with Crippen LogP contribution in [0.4, 0.5) is 13.2 Å². The molecule has 0 radical (unpaired) electrons. The molecule has 0 aromatic heterocycles. The van der Waals surface area contributed by atoms with Crippen molar-refractivity contribution in [2.75, 3.05) is 0 Å². The summed E-state index contributed by atoms with van der Waals surface area (Å²) < 4.78 is 49.3. The Morgan fingerprint density at radius 2 is 1.62 bits per heavy atom. The van der Waals surface area contributed by atoms with Crippen molar-refractivity contribution >= 4 is 16.7 Å². The van der Waals surface area contributed by atoms with E-state index in [1.807, 2.05) is 0 Å². The van der Waals surface area contributed by atoms with Crippen molar-refractivity contribution in [2.45, 2.75) is 38.6 Å². The van der Waals surface area contributed by atoms with Crippen LogP contribution in [0.25, 0.3) is 0 Å². The molecule has 0 N–H and O–H groups in total. The lowest BCUT2D eigenvalue weighted by Gasteiger charge is -2.14. The Kier molecular flexibility index (Phi) is 3.66. The molecule has 0 heterocycles. The van der Waals surface area contributed by atoms with E-state index in [-0.39, 0.29) is 0 Å². The Morgan fingerprint density at radius 1 is 1.23 bits per heavy atom. The first kappa shape index (κ1) is 12.6. The molecule has 0 bridgehead atoms. The molecular weight excluding hydrogens is 203 g/mol. The molecular formula is C7H12F3NOS. The lowest BCUT2D eigenvalue weighted by Crippen LogP contribution is -2.25. The first-order valence-electron chi connectivity index (χ1n) is 3.59. The van der Waals surface area contributed by atoms with Crippen molar-refractivity contribution in [3.05, 3.63) is 0 Å². The first-order valence-corrected chi connectivity index (χ1v) is 4.70. The van der Waals surface area contributed by atoms with Gasteiger partial charge in [-0.25, -0.2) is 4.21 Å². The number of hydrogen-bond donors (Lipinski definition) is 0. The van der Waals surface area contributed by atoms with Crippen molar-refractivity contribution in [3.8, 4) is 0 Å². The minimum Gasteiger partial charge on any atom is -0.234 e. The van der Waals surface area contributed by atoms with Gasteiger partial charge in [0.05, 0.1) is 4.75 Å². The number of alkyl halides is 3. The van der Waals surface area contributed by atoms with Crippen LogP contribution in [0.5, 0.6) is 0 Å². The van der Waals surface area contributed by atoms with Crippen LogP contribution in [-0.4, -0.2) is 20.8 Å². The van der Waals surface area contributed by atoms with E-state index in [9.17, 15) is 17.4 Å². The zero-order chi connectivity index (χ0) is 10.9. The second-order valence-electron chi connectivity index (χ2n) is 3.54. The highest BCUT2D eigenvalue weighted by Gasteiger charge is 2.33. The zero-order valence-corrected chi connectivity index (χ0v) is 8.71. The lowest BCUT2D eigenvalue weighted by molar-refractivity contribution is -0.0589. The van der Waals surface area contributed by atoms with Gasteiger partial charge in [-0.1, -0.05) is 0 Å². The maximum absolute atomic E-state index is 11.9. The fourth-order valence-electron chi connectivity index (χ4n) is 0.313. The molecule has 6 heteroatoms. The molecule has 0 amide bonds. The molecule has 1 atom stereocenters. The summed E-state index contributed by atoms with van der Waals surface area (Å²) in [4.78, 5) is 0. The Hall–Kier alpha value is -0.390. The fraction of sp³-hybridized carbons (Fsp3) is 0.857. The Balaban J connectivity index is 4.70. The van der Waals surface area contributed by atoms with Gasteiger partial charge < -0.3 is 0 Å². The number of rotatable bonds is 1. The highest BCUT2D eigenvalue weighted by molar-refractivity contribution is 7.85. The average molecular weight is 215 g/mol. The summed E-state index contributed by atoms with van der Waals surface area (Å²) in [5.41, 5.74) is -1.05. The summed E-state index contributed by atoms with van der Waals surface area (Å²) in [6.07, 6.45) is -4.49. The van der Waals surface area contributed by atoms with Gasteiger partial charge in [-0.15, -0.1) is 0 Å². The van der Waals surface area contributed by atoms with Crippen LogP contribution in [-0.2, 0) is 11.0 Å². The summed E-state index contributed by atoms with van der Waals surface area (Å²) in [5, 5.41) is 0. The van der Waals surface area contributed by atoms with Gasteiger partial charge in [0.15, 0.2) is 0 Å². The van der Waals surface area contributed by atoms with Gasteiger partial charge >= 0.3 is 6.18 Å². The molecule has 0 aliphatic carbocycles. The lowest BCUT2D eigenvalue weighted by atomic mass is 10.3. The minimum atomic E-state index is -4.49. The third kappa shape index (κ3) is 4.40. The van der Waals surface area contributed by atoms with E-state index >= 15 is 0 Å². The Labute approximate surface area is 77.8 Å². The third-order valence-electron chi connectivity index (χ3n) is 1.15. The predicted octanol–water partition coefficient (Wildman–Crippen LogP) is 2.47. The topological polar surface area (TPSA) is 29.4 Å². The first-order chi connectivity index (χ1) is 5.55. The summed E-state index contributed by atoms with van der Waals surface area (Å²) in [7, 11) is -1.85. The molecule has 0 fully saturated rings. The highest BCUT2D eigenvalue weighted by Crippen LogP contribution is 2.20. The molecule has 0 aliphatic rings. The van der Waals surface area contributed by atoms with Gasteiger partial charge in [-0.2, -0.15) is 17.6 Å². The van der Waals surface area contributed by atoms with E-state index in [1.54, 1.807) is 20.8 Å². The Bertz CT molecular complexity index is 239. The van der Waals surface area contributed by atoms with Crippen molar-refractivity contribution < 1.29 is 17.4 Å². The van der Waals surface area contributed by atoms with Crippen LogP contribution in [0.15, 0.2) is 4.40 Å². The van der Waals surface area contributed by atoms with Crippen molar-refractivity contribution in [3.63, 3.8) is 0 Å². The molecule has 0 saturated carbocycles. The van der Waals surface area contributed by atoms with Gasteiger partial charge in [-0.3, -0.25) is 0 Å². The summed E-state index contributed by atoms with van der Waals surface area (Å²) >= 11 is 0. The van der Waals surface area contributed by atoms with Gasteiger partial charge in [0, 0.05) is 0 Å². The molecule has 0 aliphatic heterocycles. The SMILES string of the molecule is CC(=NS(=O)C(C)(C)C)C(F)(F)F. The van der Waals surface area contributed by atoms with Crippen molar-refractivity contribution in [1.29, 1.82) is 0 Å². The number of halogens is 3. The quantitative estimate of drug-likeness (QED) is 0.618. The van der Waals surface area contributed by atoms with E-state index in [4.69, 9.17) is 0 Å². The fourth-order valence-corrected chi connectivity index (χ4v) is 0.939. The minimum absolute atomic E-state index is 0.757. The highest BCUT2D eigenvalue weighted by atomic mass is 32.2. The van der Waals surface area contributed by atoms with Gasteiger partial charge in [0.25, 0.3) is 0 Å². The molecule has 0 spiro atoms. The molecule has 13 heavy (non-hydrogen) atoms. The summed E-state index contributed by atoms with van der Waals surface area (Å²) in [6.45, 7) is 5.51. The molecule has 2 nitrogen and oxygen atoms in total. The van der Waals surface area contributed by atoms with E-state index in [2.05, 4.69) is 4.40 Å². The Morgan fingerprint density at radius 3 is 1.85 bits per heavy atom. The molecule has 78 valence electrons. The second-order valence-corrected chi connectivity index (χ2v) is 5.44. The maximum atomic E-state index is 11.9. The van der Waals surface area contributed by atoms with E-state index in [0.29, 0.717) is 0 Å². The summed E-state index contributed by atoms with van der Waals surface area (Å²) in [6, 6.07) is 0. The van der Waals surface area contributed by atoms with Crippen molar-refractivity contribution in [2.24, 2.45) is 4.40 Å². The van der Waals surface area contributed by atoms with Crippen LogP contribution in [0.1, 0.15) is 27.7 Å².